The maximum Gasteiger partial charge on any atom is 0.329 e. The Hall–Kier alpha value is -2.37. The number of hydrogen-bond donors (Lipinski definition) is 1. The maximum absolute atomic E-state index is 12.3. The van der Waals surface area contributed by atoms with Crippen LogP contribution in [0.4, 0.5) is 0 Å². The van der Waals surface area contributed by atoms with Crippen LogP contribution in [0.15, 0.2) is 30.3 Å². The van der Waals surface area contributed by atoms with Crippen LogP contribution < -0.4 is 5.32 Å². The molecule has 2 atom stereocenters. The molecule has 24 heavy (non-hydrogen) atoms. The van der Waals surface area contributed by atoms with Crippen LogP contribution in [0, 0.1) is 5.92 Å². The van der Waals surface area contributed by atoms with E-state index in [0.717, 1.165) is 5.56 Å². The third-order valence-corrected chi connectivity index (χ3v) is 3.53. The number of amides is 2. The molecular formula is C18H26N2O4. The number of likely N-dealkylation sites (N-methyl/N-ethyl adjacent to an activating group) is 1. The second kappa shape index (κ2) is 9.05. The second-order valence-electron chi connectivity index (χ2n) is 6.26. The van der Waals surface area contributed by atoms with E-state index in [1.54, 1.807) is 14.1 Å². The first-order valence-corrected chi connectivity index (χ1v) is 7.97. The Morgan fingerprint density at radius 3 is 2.17 bits per heavy atom. The van der Waals surface area contributed by atoms with Crippen molar-refractivity contribution in [3.05, 3.63) is 35.9 Å². The molecule has 0 unspecified atom stereocenters. The lowest BCUT2D eigenvalue weighted by atomic mass is 10.0. The molecule has 0 aliphatic rings. The van der Waals surface area contributed by atoms with E-state index in [2.05, 4.69) is 5.32 Å². The van der Waals surface area contributed by atoms with Crippen LogP contribution in [0.5, 0.6) is 0 Å². The quantitative estimate of drug-likeness (QED) is 0.765. The van der Waals surface area contributed by atoms with Crippen LogP contribution >= 0.6 is 0 Å². The summed E-state index contributed by atoms with van der Waals surface area (Å²) in [5.41, 5.74) is 0.863. The summed E-state index contributed by atoms with van der Waals surface area (Å²) in [6.07, 6.45) is -0.705. The minimum atomic E-state index is -0.889. The van der Waals surface area contributed by atoms with Crippen molar-refractivity contribution in [2.75, 3.05) is 14.1 Å². The van der Waals surface area contributed by atoms with Crippen LogP contribution in [0.2, 0.25) is 0 Å². The Balaban J connectivity index is 2.67. The van der Waals surface area contributed by atoms with Gasteiger partial charge in [0.25, 0.3) is 5.91 Å². The molecule has 0 heterocycles. The van der Waals surface area contributed by atoms with Gasteiger partial charge in [-0.05, 0) is 18.4 Å². The van der Waals surface area contributed by atoms with Crippen molar-refractivity contribution in [3.8, 4) is 0 Å². The zero-order valence-corrected chi connectivity index (χ0v) is 14.9. The van der Waals surface area contributed by atoms with E-state index in [4.69, 9.17) is 4.74 Å². The van der Waals surface area contributed by atoms with Crippen molar-refractivity contribution < 1.29 is 19.1 Å². The van der Waals surface area contributed by atoms with Gasteiger partial charge in [-0.3, -0.25) is 9.59 Å². The van der Waals surface area contributed by atoms with Crippen LogP contribution in [0.25, 0.3) is 0 Å². The summed E-state index contributed by atoms with van der Waals surface area (Å²) in [6.45, 7) is 5.14. The summed E-state index contributed by atoms with van der Waals surface area (Å²) in [6, 6.07) is 8.48. The van der Waals surface area contributed by atoms with E-state index in [0.29, 0.717) is 0 Å². The average molecular weight is 334 g/mol. The van der Waals surface area contributed by atoms with Gasteiger partial charge in [-0.2, -0.15) is 0 Å². The van der Waals surface area contributed by atoms with E-state index in [1.165, 1.54) is 11.8 Å². The number of rotatable bonds is 7. The van der Waals surface area contributed by atoms with Crippen molar-refractivity contribution in [3.63, 3.8) is 0 Å². The van der Waals surface area contributed by atoms with E-state index in [1.807, 2.05) is 44.2 Å². The summed E-state index contributed by atoms with van der Waals surface area (Å²) in [7, 11) is 3.18. The zero-order valence-electron chi connectivity index (χ0n) is 14.9. The summed E-state index contributed by atoms with van der Waals surface area (Å²) in [5.74, 6) is -1.32. The molecule has 0 spiro atoms. The fourth-order valence-electron chi connectivity index (χ4n) is 2.17. The largest absolute Gasteiger partial charge is 0.451 e. The van der Waals surface area contributed by atoms with Gasteiger partial charge in [0.1, 0.15) is 6.04 Å². The van der Waals surface area contributed by atoms with Crippen LogP contribution in [0.1, 0.15) is 26.3 Å². The first-order chi connectivity index (χ1) is 11.2. The average Bonchev–Trinajstić information content (AvgIpc) is 2.52. The predicted octanol–water partition coefficient (Wildman–Crippen LogP) is 1.39. The van der Waals surface area contributed by atoms with E-state index < -0.39 is 18.1 Å². The molecule has 0 aromatic heterocycles. The van der Waals surface area contributed by atoms with Gasteiger partial charge >= 0.3 is 5.97 Å². The zero-order chi connectivity index (χ0) is 18.3. The van der Waals surface area contributed by atoms with E-state index >= 15 is 0 Å². The van der Waals surface area contributed by atoms with Crippen LogP contribution in [0.3, 0.4) is 0 Å². The molecular weight excluding hydrogens is 308 g/mol. The molecule has 1 N–H and O–H groups in total. The lowest BCUT2D eigenvalue weighted by Gasteiger charge is -2.24. The maximum atomic E-state index is 12.3. The second-order valence-corrected chi connectivity index (χ2v) is 6.26. The smallest absolute Gasteiger partial charge is 0.329 e. The number of esters is 1. The van der Waals surface area contributed by atoms with Gasteiger partial charge in [0.15, 0.2) is 6.10 Å². The van der Waals surface area contributed by atoms with Gasteiger partial charge in [0.2, 0.25) is 5.91 Å². The first-order valence-electron chi connectivity index (χ1n) is 7.97. The SMILES string of the molecule is CC(C)[C@H](NC(=O)Cc1ccccc1)C(=O)O[C@H](C)C(=O)N(C)C. The summed E-state index contributed by atoms with van der Waals surface area (Å²) in [4.78, 5) is 37.6. The Labute approximate surface area is 143 Å². The third-order valence-electron chi connectivity index (χ3n) is 3.53. The number of nitrogens with one attached hydrogen (secondary N) is 1. The van der Waals surface area contributed by atoms with Crippen molar-refractivity contribution in [2.24, 2.45) is 5.92 Å². The molecule has 1 rings (SSSR count). The molecule has 0 saturated heterocycles. The molecule has 6 nitrogen and oxygen atoms in total. The van der Waals surface area contributed by atoms with Crippen molar-refractivity contribution >= 4 is 17.8 Å². The number of hydrogen-bond acceptors (Lipinski definition) is 4. The number of carbonyl (C=O) groups excluding carboxylic acids is 3. The Morgan fingerprint density at radius 2 is 1.67 bits per heavy atom. The van der Waals surface area contributed by atoms with Crippen LogP contribution in [-0.2, 0) is 25.5 Å². The van der Waals surface area contributed by atoms with Crippen molar-refractivity contribution in [1.29, 1.82) is 0 Å². The Morgan fingerprint density at radius 1 is 1.08 bits per heavy atom. The highest BCUT2D eigenvalue weighted by Gasteiger charge is 2.29. The highest BCUT2D eigenvalue weighted by atomic mass is 16.5. The molecule has 0 aliphatic heterocycles. The van der Waals surface area contributed by atoms with Gasteiger partial charge in [0, 0.05) is 14.1 Å². The molecule has 0 bridgehead atoms. The van der Waals surface area contributed by atoms with Crippen molar-refractivity contribution in [2.45, 2.75) is 39.3 Å². The molecule has 0 saturated carbocycles. The molecule has 0 aliphatic carbocycles. The van der Waals surface area contributed by atoms with Gasteiger partial charge in [0.05, 0.1) is 6.42 Å². The molecule has 132 valence electrons. The van der Waals surface area contributed by atoms with Crippen LogP contribution in [-0.4, -0.2) is 48.9 Å². The Bertz CT molecular complexity index is 570. The molecule has 0 radical (unpaired) electrons. The molecule has 0 fully saturated rings. The minimum Gasteiger partial charge on any atom is -0.451 e. The molecule has 2 amide bonds. The van der Waals surface area contributed by atoms with E-state index in [9.17, 15) is 14.4 Å². The topological polar surface area (TPSA) is 75.7 Å². The lowest BCUT2D eigenvalue weighted by Crippen LogP contribution is -2.48. The fourth-order valence-corrected chi connectivity index (χ4v) is 2.17. The number of benzene rings is 1. The number of nitrogens with zero attached hydrogens (tertiary/aromatic N) is 1. The molecule has 1 aromatic carbocycles. The Kier molecular flexibility index (Phi) is 7.42. The summed E-state index contributed by atoms with van der Waals surface area (Å²) in [5, 5.41) is 2.70. The summed E-state index contributed by atoms with van der Waals surface area (Å²) < 4.78 is 5.20. The van der Waals surface area contributed by atoms with Crippen molar-refractivity contribution in [1.82, 2.24) is 10.2 Å². The van der Waals surface area contributed by atoms with Gasteiger partial charge in [-0.1, -0.05) is 44.2 Å². The monoisotopic (exact) mass is 334 g/mol. The lowest BCUT2D eigenvalue weighted by molar-refractivity contribution is -0.161. The fraction of sp³-hybridized carbons (Fsp3) is 0.500. The highest BCUT2D eigenvalue weighted by molar-refractivity contribution is 5.88. The molecule has 1 aromatic rings. The normalized spacial score (nSPS) is 13.1. The molecule has 6 heteroatoms. The highest BCUT2D eigenvalue weighted by Crippen LogP contribution is 2.08. The van der Waals surface area contributed by atoms with E-state index in [-0.39, 0.29) is 24.2 Å². The standard InChI is InChI=1S/C18H26N2O4/c1-12(2)16(18(23)24-13(3)17(22)20(4)5)19-15(21)11-14-9-7-6-8-10-14/h6-10,12-13,16H,11H2,1-5H3,(H,19,21)/t13-,16+/m1/s1. The van der Waals surface area contributed by atoms with Gasteiger partial charge < -0.3 is 15.0 Å². The first kappa shape index (κ1) is 19.7. The summed E-state index contributed by atoms with van der Waals surface area (Å²) >= 11 is 0. The van der Waals surface area contributed by atoms with Gasteiger partial charge in [-0.25, -0.2) is 4.79 Å². The number of carbonyl (C=O) groups is 3. The predicted molar refractivity (Wildman–Crippen MR) is 91.2 cm³/mol. The number of ether oxygens (including phenoxy) is 1. The van der Waals surface area contributed by atoms with Gasteiger partial charge in [-0.15, -0.1) is 0 Å². The minimum absolute atomic E-state index is 0.154. The third kappa shape index (κ3) is 6.02.